The Hall–Kier alpha value is -0.860. The van der Waals surface area contributed by atoms with Gasteiger partial charge in [-0.2, -0.15) is 0 Å². The Balaban J connectivity index is 2.08. The lowest BCUT2D eigenvalue weighted by atomic mass is 10.1. The molecule has 0 spiro atoms. The van der Waals surface area contributed by atoms with E-state index in [-0.39, 0.29) is 6.23 Å². The van der Waals surface area contributed by atoms with E-state index in [2.05, 4.69) is 43.0 Å². The van der Waals surface area contributed by atoms with E-state index < -0.39 is 0 Å². The Morgan fingerprint density at radius 1 is 1.33 bits per heavy atom. The topological polar surface area (TPSA) is 12.5 Å². The molecule has 0 amide bonds. The molecule has 1 atom stereocenters. The molecule has 0 saturated carbocycles. The van der Waals surface area contributed by atoms with Crippen molar-refractivity contribution >= 4 is 0 Å². The van der Waals surface area contributed by atoms with Crippen molar-refractivity contribution < 1.29 is 4.74 Å². The highest BCUT2D eigenvalue weighted by Gasteiger charge is 2.26. The smallest absolute Gasteiger partial charge is 0.136 e. The molecule has 1 saturated heterocycles. The molecule has 2 heteroatoms. The van der Waals surface area contributed by atoms with Gasteiger partial charge in [-0.25, -0.2) is 0 Å². The molecule has 2 nitrogen and oxygen atoms in total. The summed E-state index contributed by atoms with van der Waals surface area (Å²) < 4.78 is 5.78. The summed E-state index contributed by atoms with van der Waals surface area (Å²) >= 11 is 0. The molecule has 1 aliphatic heterocycles. The number of hydrogen-bond donors (Lipinski definition) is 0. The molecule has 15 heavy (non-hydrogen) atoms. The third-order valence-electron chi connectivity index (χ3n) is 2.67. The first-order valence-electron chi connectivity index (χ1n) is 5.68. The van der Waals surface area contributed by atoms with Crippen LogP contribution in [0.3, 0.4) is 0 Å². The lowest BCUT2D eigenvalue weighted by Crippen LogP contribution is -2.27. The van der Waals surface area contributed by atoms with Crippen LogP contribution < -0.4 is 0 Å². The predicted molar refractivity (Wildman–Crippen MR) is 61.5 cm³/mol. The van der Waals surface area contributed by atoms with E-state index in [0.29, 0.717) is 5.92 Å². The van der Waals surface area contributed by atoms with Gasteiger partial charge >= 0.3 is 0 Å². The minimum atomic E-state index is 0.175. The van der Waals surface area contributed by atoms with Crippen molar-refractivity contribution in [2.24, 2.45) is 5.92 Å². The van der Waals surface area contributed by atoms with Gasteiger partial charge in [-0.05, 0) is 11.5 Å². The van der Waals surface area contributed by atoms with Crippen LogP contribution in [0.4, 0.5) is 0 Å². The van der Waals surface area contributed by atoms with Gasteiger partial charge in [0.2, 0.25) is 0 Å². The first-order valence-corrected chi connectivity index (χ1v) is 5.68. The normalized spacial score (nSPS) is 22.5. The van der Waals surface area contributed by atoms with E-state index in [1.807, 2.05) is 6.07 Å². The molecule has 1 heterocycles. The second kappa shape index (κ2) is 4.77. The van der Waals surface area contributed by atoms with E-state index >= 15 is 0 Å². The molecule has 0 N–H and O–H groups in total. The maximum absolute atomic E-state index is 5.78. The number of hydrogen-bond acceptors (Lipinski definition) is 2. The predicted octanol–water partition coefficient (Wildman–Crippen LogP) is 2.67. The number of ether oxygens (including phenoxy) is 1. The van der Waals surface area contributed by atoms with Crippen LogP contribution in [0.1, 0.15) is 25.6 Å². The molecule has 0 bridgehead atoms. The van der Waals surface area contributed by atoms with Crippen LogP contribution in [-0.4, -0.2) is 24.6 Å². The van der Waals surface area contributed by atoms with Gasteiger partial charge in [0.1, 0.15) is 6.23 Å². The highest BCUT2D eigenvalue weighted by atomic mass is 16.5. The van der Waals surface area contributed by atoms with Gasteiger partial charge in [-0.3, -0.25) is 4.90 Å². The van der Waals surface area contributed by atoms with Crippen molar-refractivity contribution in [1.82, 2.24) is 4.90 Å². The summed E-state index contributed by atoms with van der Waals surface area (Å²) in [5.41, 5.74) is 1.27. The minimum absolute atomic E-state index is 0.175. The van der Waals surface area contributed by atoms with Crippen LogP contribution in [0.25, 0.3) is 0 Å². The number of benzene rings is 1. The summed E-state index contributed by atoms with van der Waals surface area (Å²) in [4.78, 5) is 2.42. The Morgan fingerprint density at radius 2 is 2.07 bits per heavy atom. The van der Waals surface area contributed by atoms with E-state index in [9.17, 15) is 0 Å². The maximum atomic E-state index is 5.78. The molecule has 1 aliphatic rings. The van der Waals surface area contributed by atoms with Crippen molar-refractivity contribution in [3.05, 3.63) is 35.9 Å². The summed E-state index contributed by atoms with van der Waals surface area (Å²) in [6, 6.07) is 10.5. The van der Waals surface area contributed by atoms with Crippen LogP contribution >= 0.6 is 0 Å². The van der Waals surface area contributed by atoms with Gasteiger partial charge in [0.05, 0.1) is 6.61 Å². The van der Waals surface area contributed by atoms with E-state index in [4.69, 9.17) is 4.74 Å². The molecule has 2 rings (SSSR count). The van der Waals surface area contributed by atoms with Gasteiger partial charge < -0.3 is 4.74 Å². The zero-order valence-electron chi connectivity index (χ0n) is 9.52. The van der Waals surface area contributed by atoms with Crippen LogP contribution in [-0.2, 0) is 4.74 Å². The van der Waals surface area contributed by atoms with Crippen molar-refractivity contribution in [1.29, 1.82) is 0 Å². The maximum Gasteiger partial charge on any atom is 0.136 e. The van der Waals surface area contributed by atoms with Crippen molar-refractivity contribution in [2.75, 3.05) is 19.7 Å². The zero-order valence-corrected chi connectivity index (χ0v) is 9.52. The standard InChI is InChI=1S/C13H19NO/c1-11(2)10-14-8-9-15-13(14)12-6-4-3-5-7-12/h3-7,11,13H,8-10H2,1-2H3. The number of rotatable bonds is 3. The molecule has 1 aromatic rings. The average molecular weight is 205 g/mol. The van der Waals surface area contributed by atoms with Crippen LogP contribution in [0.5, 0.6) is 0 Å². The molecule has 1 aromatic carbocycles. The minimum Gasteiger partial charge on any atom is -0.358 e. The molecule has 1 fully saturated rings. The van der Waals surface area contributed by atoms with Crippen LogP contribution in [0.15, 0.2) is 30.3 Å². The first-order chi connectivity index (χ1) is 7.27. The molecular weight excluding hydrogens is 186 g/mol. The first kappa shape index (κ1) is 10.7. The Kier molecular flexibility index (Phi) is 3.39. The van der Waals surface area contributed by atoms with E-state index in [1.54, 1.807) is 0 Å². The quantitative estimate of drug-likeness (QED) is 0.752. The SMILES string of the molecule is CC(C)CN1CCOC1c1ccccc1. The zero-order chi connectivity index (χ0) is 10.7. The van der Waals surface area contributed by atoms with Crippen molar-refractivity contribution in [3.8, 4) is 0 Å². The van der Waals surface area contributed by atoms with Crippen molar-refractivity contribution in [2.45, 2.75) is 20.1 Å². The van der Waals surface area contributed by atoms with Gasteiger partial charge in [0.25, 0.3) is 0 Å². The molecule has 82 valence electrons. The number of nitrogens with zero attached hydrogens (tertiary/aromatic N) is 1. The highest BCUT2D eigenvalue weighted by molar-refractivity contribution is 5.17. The highest BCUT2D eigenvalue weighted by Crippen LogP contribution is 2.26. The third kappa shape index (κ3) is 2.58. The third-order valence-corrected chi connectivity index (χ3v) is 2.67. The monoisotopic (exact) mass is 205 g/mol. The lowest BCUT2D eigenvalue weighted by molar-refractivity contribution is 0.0275. The Labute approximate surface area is 91.9 Å². The molecule has 0 aromatic heterocycles. The van der Waals surface area contributed by atoms with E-state index in [0.717, 1.165) is 19.7 Å². The molecule has 1 unspecified atom stereocenters. The Bertz CT molecular complexity index is 297. The largest absolute Gasteiger partial charge is 0.358 e. The van der Waals surface area contributed by atoms with E-state index in [1.165, 1.54) is 5.56 Å². The average Bonchev–Trinajstić information content (AvgIpc) is 2.66. The summed E-state index contributed by atoms with van der Waals surface area (Å²) in [7, 11) is 0. The second-order valence-electron chi connectivity index (χ2n) is 4.52. The van der Waals surface area contributed by atoms with Gasteiger partial charge in [-0.15, -0.1) is 0 Å². The summed E-state index contributed by atoms with van der Waals surface area (Å²) in [6.07, 6.45) is 0.175. The molecule has 0 radical (unpaired) electrons. The van der Waals surface area contributed by atoms with Gasteiger partial charge in [0.15, 0.2) is 0 Å². The fourth-order valence-corrected chi connectivity index (χ4v) is 2.09. The second-order valence-corrected chi connectivity index (χ2v) is 4.52. The summed E-state index contributed by atoms with van der Waals surface area (Å²) in [5.74, 6) is 0.693. The van der Waals surface area contributed by atoms with Crippen LogP contribution in [0, 0.1) is 5.92 Å². The lowest BCUT2D eigenvalue weighted by Gasteiger charge is -2.24. The molecular formula is C13H19NO. The van der Waals surface area contributed by atoms with Crippen molar-refractivity contribution in [3.63, 3.8) is 0 Å². The Morgan fingerprint density at radius 3 is 2.73 bits per heavy atom. The van der Waals surface area contributed by atoms with Gasteiger partial charge in [0, 0.05) is 13.1 Å². The van der Waals surface area contributed by atoms with Crippen LogP contribution in [0.2, 0.25) is 0 Å². The fourth-order valence-electron chi connectivity index (χ4n) is 2.09. The van der Waals surface area contributed by atoms with Gasteiger partial charge in [-0.1, -0.05) is 44.2 Å². The summed E-state index contributed by atoms with van der Waals surface area (Å²) in [5, 5.41) is 0. The molecule has 0 aliphatic carbocycles. The fraction of sp³-hybridized carbons (Fsp3) is 0.538. The summed E-state index contributed by atoms with van der Waals surface area (Å²) in [6.45, 7) is 7.52.